The largest absolute Gasteiger partial charge is 0.383 e. The van der Waals surface area contributed by atoms with Crippen LogP contribution in [0.15, 0.2) is 0 Å². The fourth-order valence-corrected chi connectivity index (χ4v) is 1.89. The number of methoxy groups -OCH3 is 1. The van der Waals surface area contributed by atoms with Gasteiger partial charge in [-0.3, -0.25) is 0 Å². The second-order valence-corrected chi connectivity index (χ2v) is 5.24. The molecule has 0 amide bonds. The molecule has 0 spiro atoms. The third-order valence-electron chi connectivity index (χ3n) is 1.76. The second kappa shape index (κ2) is 6.34. The molecule has 5 heteroatoms. The van der Waals surface area contributed by atoms with Crippen molar-refractivity contribution in [2.75, 3.05) is 20.3 Å². The molecule has 0 saturated carbocycles. The summed E-state index contributed by atoms with van der Waals surface area (Å²) < 4.78 is 30.1. The average molecular weight is 209 g/mol. The molecule has 0 bridgehead atoms. The van der Waals surface area contributed by atoms with E-state index in [0.29, 0.717) is 6.54 Å². The van der Waals surface area contributed by atoms with E-state index in [0.717, 1.165) is 12.8 Å². The molecule has 4 nitrogen and oxygen atoms in total. The van der Waals surface area contributed by atoms with Crippen molar-refractivity contribution >= 4 is 10.0 Å². The summed E-state index contributed by atoms with van der Waals surface area (Å²) in [6.07, 6.45) is 1.86. The normalized spacial score (nSPS) is 14.4. The molecule has 0 radical (unpaired) electrons. The minimum absolute atomic E-state index is 0.238. The van der Waals surface area contributed by atoms with Crippen LogP contribution in [0, 0.1) is 0 Å². The average Bonchev–Trinajstić information content (AvgIpc) is 2.05. The first kappa shape index (κ1) is 12.9. The molecular weight excluding hydrogens is 190 g/mol. The van der Waals surface area contributed by atoms with Crippen molar-refractivity contribution in [2.24, 2.45) is 0 Å². The Labute approximate surface area is 80.7 Å². The molecular formula is C8H19NO3S. The van der Waals surface area contributed by atoms with E-state index in [1.807, 2.05) is 6.92 Å². The molecule has 13 heavy (non-hydrogen) atoms. The number of rotatable bonds is 7. The van der Waals surface area contributed by atoms with E-state index in [2.05, 4.69) is 4.72 Å². The van der Waals surface area contributed by atoms with E-state index in [1.54, 1.807) is 6.92 Å². The number of nitrogens with one attached hydrogen (secondary N) is 1. The van der Waals surface area contributed by atoms with Crippen molar-refractivity contribution in [1.29, 1.82) is 0 Å². The van der Waals surface area contributed by atoms with Crippen LogP contribution in [0.25, 0.3) is 0 Å². The van der Waals surface area contributed by atoms with Crippen LogP contribution in [0.5, 0.6) is 0 Å². The summed E-state index contributed by atoms with van der Waals surface area (Å²) in [7, 11) is -1.67. The van der Waals surface area contributed by atoms with Crippen LogP contribution < -0.4 is 4.72 Å². The van der Waals surface area contributed by atoms with Crippen molar-refractivity contribution in [2.45, 2.75) is 31.9 Å². The quantitative estimate of drug-likeness (QED) is 0.629. The molecule has 1 atom stereocenters. The lowest BCUT2D eigenvalue weighted by Crippen LogP contribution is -2.35. The fraction of sp³-hybridized carbons (Fsp3) is 1.00. The van der Waals surface area contributed by atoms with E-state index in [9.17, 15) is 8.42 Å². The zero-order valence-corrected chi connectivity index (χ0v) is 9.36. The molecule has 0 rings (SSSR count). The molecule has 0 fully saturated rings. The number of ether oxygens (including phenoxy) is 1. The molecule has 0 aromatic heterocycles. The van der Waals surface area contributed by atoms with Gasteiger partial charge in [-0.1, -0.05) is 13.3 Å². The van der Waals surface area contributed by atoms with Gasteiger partial charge in [0.15, 0.2) is 0 Å². The lowest BCUT2D eigenvalue weighted by atomic mass is 10.3. The summed E-state index contributed by atoms with van der Waals surface area (Å²) in [5.74, 6) is 0. The van der Waals surface area contributed by atoms with E-state index in [-0.39, 0.29) is 6.61 Å². The number of hydrogen-bond acceptors (Lipinski definition) is 3. The molecule has 0 aliphatic rings. The maximum Gasteiger partial charge on any atom is 0.216 e. The van der Waals surface area contributed by atoms with E-state index in [4.69, 9.17) is 4.74 Å². The first-order chi connectivity index (χ1) is 6.04. The zero-order chi connectivity index (χ0) is 10.3. The van der Waals surface area contributed by atoms with Crippen LogP contribution in [0.3, 0.4) is 0 Å². The Kier molecular flexibility index (Phi) is 6.28. The van der Waals surface area contributed by atoms with Crippen molar-refractivity contribution in [3.05, 3.63) is 0 Å². The van der Waals surface area contributed by atoms with Crippen molar-refractivity contribution in [3.63, 3.8) is 0 Å². The summed E-state index contributed by atoms with van der Waals surface area (Å²) >= 11 is 0. The smallest absolute Gasteiger partial charge is 0.216 e. The Morgan fingerprint density at radius 2 is 2.08 bits per heavy atom. The topological polar surface area (TPSA) is 55.4 Å². The highest BCUT2D eigenvalue weighted by molar-refractivity contribution is 7.90. The molecule has 0 aromatic carbocycles. The predicted molar refractivity (Wildman–Crippen MR) is 53.2 cm³/mol. The van der Waals surface area contributed by atoms with Gasteiger partial charge < -0.3 is 4.74 Å². The maximum absolute atomic E-state index is 11.4. The molecule has 80 valence electrons. The van der Waals surface area contributed by atoms with Crippen LogP contribution in [0.4, 0.5) is 0 Å². The van der Waals surface area contributed by atoms with Gasteiger partial charge >= 0.3 is 0 Å². The van der Waals surface area contributed by atoms with Gasteiger partial charge in [0.05, 0.1) is 11.9 Å². The van der Waals surface area contributed by atoms with E-state index < -0.39 is 15.3 Å². The van der Waals surface area contributed by atoms with Crippen LogP contribution in [0.2, 0.25) is 0 Å². The summed E-state index contributed by atoms with van der Waals surface area (Å²) in [5, 5.41) is -0.477. The lowest BCUT2D eigenvalue weighted by Gasteiger charge is -2.12. The summed E-state index contributed by atoms with van der Waals surface area (Å²) in [4.78, 5) is 0. The molecule has 0 saturated heterocycles. The number of unbranched alkanes of at least 4 members (excludes halogenated alkanes) is 1. The van der Waals surface area contributed by atoms with Crippen LogP contribution in [-0.2, 0) is 14.8 Å². The van der Waals surface area contributed by atoms with Gasteiger partial charge in [-0.15, -0.1) is 0 Å². The first-order valence-electron chi connectivity index (χ1n) is 4.52. The number of sulfonamides is 1. The molecule has 1 N–H and O–H groups in total. The van der Waals surface area contributed by atoms with Crippen LogP contribution in [-0.4, -0.2) is 33.9 Å². The fourth-order valence-electron chi connectivity index (χ4n) is 0.858. The molecule has 0 aromatic rings. The van der Waals surface area contributed by atoms with Crippen LogP contribution in [0.1, 0.15) is 26.7 Å². The van der Waals surface area contributed by atoms with Crippen molar-refractivity contribution in [3.8, 4) is 0 Å². The Bertz CT molecular complexity index is 213. The molecule has 0 heterocycles. The Morgan fingerprint density at radius 3 is 2.54 bits per heavy atom. The highest BCUT2D eigenvalue weighted by Gasteiger charge is 2.19. The predicted octanol–water partition coefficient (Wildman–Crippen LogP) is 0.741. The minimum Gasteiger partial charge on any atom is -0.383 e. The van der Waals surface area contributed by atoms with Crippen LogP contribution >= 0.6 is 0 Å². The minimum atomic E-state index is -3.17. The number of hydrogen-bond donors (Lipinski definition) is 1. The maximum atomic E-state index is 11.4. The third-order valence-corrected chi connectivity index (χ3v) is 3.57. The van der Waals surface area contributed by atoms with Crippen molar-refractivity contribution < 1.29 is 13.2 Å². The van der Waals surface area contributed by atoms with Gasteiger partial charge in [-0.05, 0) is 13.3 Å². The third kappa shape index (κ3) is 5.23. The summed E-state index contributed by atoms with van der Waals surface area (Å²) in [5.41, 5.74) is 0. The summed E-state index contributed by atoms with van der Waals surface area (Å²) in [6, 6.07) is 0. The van der Waals surface area contributed by atoms with Gasteiger partial charge in [0, 0.05) is 13.7 Å². The van der Waals surface area contributed by atoms with Gasteiger partial charge in [0.1, 0.15) is 0 Å². The SMILES string of the molecule is CCCCNS(=O)(=O)[C@@H](C)COC. The molecule has 0 aliphatic carbocycles. The Balaban J connectivity index is 3.92. The zero-order valence-electron chi connectivity index (χ0n) is 8.54. The highest BCUT2D eigenvalue weighted by atomic mass is 32.2. The monoisotopic (exact) mass is 209 g/mol. The molecule has 0 unspecified atom stereocenters. The standard InChI is InChI=1S/C8H19NO3S/c1-4-5-6-9-13(10,11)8(2)7-12-3/h8-9H,4-7H2,1-3H3/t8-/m0/s1. The van der Waals surface area contributed by atoms with Gasteiger partial charge in [0.2, 0.25) is 10.0 Å². The van der Waals surface area contributed by atoms with Gasteiger partial charge in [-0.2, -0.15) is 0 Å². The molecule has 0 aliphatic heterocycles. The summed E-state index contributed by atoms with van der Waals surface area (Å²) in [6.45, 7) is 4.42. The Morgan fingerprint density at radius 1 is 1.46 bits per heavy atom. The lowest BCUT2D eigenvalue weighted by molar-refractivity contribution is 0.200. The van der Waals surface area contributed by atoms with Gasteiger partial charge in [0.25, 0.3) is 0 Å². The first-order valence-corrected chi connectivity index (χ1v) is 6.06. The second-order valence-electron chi connectivity index (χ2n) is 3.06. The Hall–Kier alpha value is -0.130. The van der Waals surface area contributed by atoms with E-state index in [1.165, 1.54) is 7.11 Å². The van der Waals surface area contributed by atoms with Gasteiger partial charge in [-0.25, -0.2) is 13.1 Å². The van der Waals surface area contributed by atoms with E-state index >= 15 is 0 Å². The van der Waals surface area contributed by atoms with Crippen molar-refractivity contribution in [1.82, 2.24) is 4.72 Å². The highest BCUT2D eigenvalue weighted by Crippen LogP contribution is 1.98.